The number of hydrogen-bond acceptors (Lipinski definition) is 5. The Morgan fingerprint density at radius 1 is 1.00 bits per heavy atom. The highest BCUT2D eigenvalue weighted by Gasteiger charge is 2.25. The lowest BCUT2D eigenvalue weighted by Gasteiger charge is -2.13. The molecule has 6 nitrogen and oxygen atoms in total. The zero-order valence-electron chi connectivity index (χ0n) is 17.0. The minimum absolute atomic E-state index is 0.207. The smallest absolute Gasteiger partial charge is 0.352 e. The van der Waals surface area contributed by atoms with Gasteiger partial charge in [-0.2, -0.15) is 5.10 Å². The first-order chi connectivity index (χ1) is 13.7. The van der Waals surface area contributed by atoms with Crippen molar-refractivity contribution in [3.63, 3.8) is 0 Å². The van der Waals surface area contributed by atoms with E-state index in [9.17, 15) is 4.79 Å². The standard InChI is InChI=1S/C22H23ClN2O4/c1-22(2,3)18-13-19(25(24-18)15-11-9-14(23)10-12-15)29-21(26)20-16(27-4)7-6-8-17(20)28-5/h6-13H,1-5H3. The second kappa shape index (κ2) is 8.17. The quantitative estimate of drug-likeness (QED) is 0.546. The summed E-state index contributed by atoms with van der Waals surface area (Å²) < 4.78 is 18.0. The Labute approximate surface area is 175 Å². The van der Waals surface area contributed by atoms with Crippen molar-refractivity contribution < 1.29 is 19.0 Å². The molecule has 0 atom stereocenters. The lowest BCUT2D eigenvalue weighted by atomic mass is 9.93. The number of aromatic nitrogens is 2. The van der Waals surface area contributed by atoms with Gasteiger partial charge in [0.05, 0.1) is 25.6 Å². The molecule has 7 heteroatoms. The molecular formula is C22H23ClN2O4. The molecule has 0 spiro atoms. The van der Waals surface area contributed by atoms with Crippen molar-refractivity contribution in [2.24, 2.45) is 0 Å². The van der Waals surface area contributed by atoms with E-state index >= 15 is 0 Å². The Kier molecular flexibility index (Phi) is 5.84. The summed E-state index contributed by atoms with van der Waals surface area (Å²) in [5.74, 6) is 0.413. The van der Waals surface area contributed by atoms with Crippen LogP contribution in [-0.4, -0.2) is 30.0 Å². The third kappa shape index (κ3) is 4.38. The topological polar surface area (TPSA) is 62.6 Å². The van der Waals surface area contributed by atoms with Crippen molar-refractivity contribution in [3.05, 3.63) is 64.8 Å². The number of ether oxygens (including phenoxy) is 3. The molecule has 0 amide bonds. The number of carbonyl (C=O) groups is 1. The van der Waals surface area contributed by atoms with Crippen LogP contribution in [0.3, 0.4) is 0 Å². The Hall–Kier alpha value is -2.99. The molecule has 0 saturated carbocycles. The zero-order chi connectivity index (χ0) is 21.2. The molecule has 1 heterocycles. The Morgan fingerprint density at radius 3 is 2.10 bits per heavy atom. The van der Waals surface area contributed by atoms with Gasteiger partial charge in [0, 0.05) is 16.5 Å². The number of hydrogen-bond donors (Lipinski definition) is 0. The summed E-state index contributed by atoms with van der Waals surface area (Å²) in [6.45, 7) is 6.11. The van der Waals surface area contributed by atoms with E-state index in [-0.39, 0.29) is 16.9 Å². The lowest BCUT2D eigenvalue weighted by molar-refractivity contribution is 0.0716. The number of benzene rings is 2. The summed E-state index contributed by atoms with van der Waals surface area (Å²) in [6, 6.07) is 14.0. The highest BCUT2D eigenvalue weighted by Crippen LogP contribution is 2.32. The minimum atomic E-state index is -0.602. The van der Waals surface area contributed by atoms with Crippen molar-refractivity contribution >= 4 is 17.6 Å². The molecule has 0 bridgehead atoms. The number of rotatable bonds is 5. The molecule has 152 valence electrons. The third-order valence-corrected chi connectivity index (χ3v) is 4.60. The van der Waals surface area contributed by atoms with Crippen molar-refractivity contribution in [2.45, 2.75) is 26.2 Å². The van der Waals surface area contributed by atoms with Crippen LogP contribution in [0.4, 0.5) is 0 Å². The van der Waals surface area contributed by atoms with E-state index in [1.54, 1.807) is 41.1 Å². The van der Waals surface area contributed by atoms with Gasteiger partial charge in [0.1, 0.15) is 17.1 Å². The van der Waals surface area contributed by atoms with Gasteiger partial charge in [-0.3, -0.25) is 0 Å². The molecule has 3 aromatic rings. The monoisotopic (exact) mass is 414 g/mol. The molecule has 3 rings (SSSR count). The second-order valence-electron chi connectivity index (χ2n) is 7.43. The van der Waals surface area contributed by atoms with Crippen molar-refractivity contribution in [1.82, 2.24) is 9.78 Å². The van der Waals surface area contributed by atoms with Gasteiger partial charge in [0.2, 0.25) is 5.88 Å². The molecule has 0 unspecified atom stereocenters. The van der Waals surface area contributed by atoms with Crippen LogP contribution >= 0.6 is 11.6 Å². The van der Waals surface area contributed by atoms with E-state index in [0.29, 0.717) is 16.5 Å². The largest absolute Gasteiger partial charge is 0.496 e. The molecule has 0 radical (unpaired) electrons. The van der Waals surface area contributed by atoms with Crippen molar-refractivity contribution in [3.8, 4) is 23.1 Å². The molecule has 0 N–H and O–H groups in total. The molecule has 1 aromatic heterocycles. The summed E-state index contributed by atoms with van der Waals surface area (Å²) in [5, 5.41) is 5.25. The number of halogens is 1. The normalized spacial score (nSPS) is 11.2. The summed E-state index contributed by atoms with van der Waals surface area (Å²) in [5.41, 5.74) is 1.47. The number of carbonyl (C=O) groups excluding carboxylic acids is 1. The molecule has 2 aromatic carbocycles. The first-order valence-corrected chi connectivity index (χ1v) is 9.42. The molecule has 29 heavy (non-hydrogen) atoms. The Bertz CT molecular complexity index is 998. The van der Waals surface area contributed by atoms with Gasteiger partial charge in [-0.25, -0.2) is 9.48 Å². The summed E-state index contributed by atoms with van der Waals surface area (Å²) in [6.07, 6.45) is 0. The predicted molar refractivity (Wildman–Crippen MR) is 112 cm³/mol. The number of methoxy groups -OCH3 is 2. The van der Waals surface area contributed by atoms with Crippen LogP contribution in [0.5, 0.6) is 17.4 Å². The van der Waals surface area contributed by atoms with Crippen LogP contribution in [0, 0.1) is 0 Å². The zero-order valence-corrected chi connectivity index (χ0v) is 17.8. The highest BCUT2D eigenvalue weighted by atomic mass is 35.5. The molecule has 0 aliphatic heterocycles. The average Bonchev–Trinajstić information content (AvgIpc) is 3.12. The van der Waals surface area contributed by atoms with Gasteiger partial charge < -0.3 is 14.2 Å². The molecular weight excluding hydrogens is 392 g/mol. The van der Waals surface area contributed by atoms with Gasteiger partial charge in [-0.15, -0.1) is 0 Å². The van der Waals surface area contributed by atoms with Crippen LogP contribution in [0.15, 0.2) is 48.5 Å². The van der Waals surface area contributed by atoms with Gasteiger partial charge in [0.25, 0.3) is 0 Å². The van der Waals surface area contributed by atoms with Crippen LogP contribution < -0.4 is 14.2 Å². The average molecular weight is 415 g/mol. The van der Waals surface area contributed by atoms with E-state index < -0.39 is 5.97 Å². The third-order valence-electron chi connectivity index (χ3n) is 4.35. The van der Waals surface area contributed by atoms with Crippen molar-refractivity contribution in [2.75, 3.05) is 14.2 Å². The molecule has 0 fully saturated rings. The number of esters is 1. The fraction of sp³-hybridized carbons (Fsp3) is 0.273. The van der Waals surface area contributed by atoms with Crippen LogP contribution in [-0.2, 0) is 5.41 Å². The van der Waals surface area contributed by atoms with Crippen LogP contribution in [0.2, 0.25) is 5.02 Å². The molecule has 0 aliphatic rings. The van der Waals surface area contributed by atoms with E-state index in [1.807, 2.05) is 32.9 Å². The fourth-order valence-electron chi connectivity index (χ4n) is 2.77. The van der Waals surface area contributed by atoms with Gasteiger partial charge in [-0.1, -0.05) is 38.4 Å². The molecule has 0 aliphatic carbocycles. The first kappa shape index (κ1) is 20.7. The van der Waals surface area contributed by atoms with E-state index in [1.165, 1.54) is 14.2 Å². The first-order valence-electron chi connectivity index (χ1n) is 9.04. The SMILES string of the molecule is COc1cccc(OC)c1C(=O)Oc1cc(C(C)(C)C)nn1-c1ccc(Cl)cc1. The molecule has 0 saturated heterocycles. The number of nitrogens with zero attached hydrogens (tertiary/aromatic N) is 2. The summed E-state index contributed by atoms with van der Waals surface area (Å²) >= 11 is 6.01. The van der Waals surface area contributed by atoms with Crippen molar-refractivity contribution in [1.29, 1.82) is 0 Å². The predicted octanol–water partition coefficient (Wildman–Crippen LogP) is 5.06. The summed E-state index contributed by atoms with van der Waals surface area (Å²) in [7, 11) is 2.97. The van der Waals surface area contributed by atoms with E-state index in [2.05, 4.69) is 5.10 Å². The maximum absolute atomic E-state index is 13.0. The Morgan fingerprint density at radius 2 is 1.59 bits per heavy atom. The van der Waals surface area contributed by atoms with Crippen LogP contribution in [0.25, 0.3) is 5.69 Å². The van der Waals surface area contributed by atoms with E-state index in [4.69, 9.17) is 25.8 Å². The minimum Gasteiger partial charge on any atom is -0.496 e. The fourth-order valence-corrected chi connectivity index (χ4v) is 2.89. The van der Waals surface area contributed by atoms with Gasteiger partial charge >= 0.3 is 5.97 Å². The Balaban J connectivity index is 2.06. The van der Waals surface area contributed by atoms with E-state index in [0.717, 1.165) is 11.4 Å². The van der Waals surface area contributed by atoms with Gasteiger partial charge in [0.15, 0.2) is 0 Å². The highest BCUT2D eigenvalue weighted by molar-refractivity contribution is 6.30. The van der Waals surface area contributed by atoms with Gasteiger partial charge in [-0.05, 0) is 36.4 Å². The second-order valence-corrected chi connectivity index (χ2v) is 7.87. The maximum atomic E-state index is 13.0. The summed E-state index contributed by atoms with van der Waals surface area (Å²) in [4.78, 5) is 13.0. The lowest BCUT2D eigenvalue weighted by Crippen LogP contribution is -2.14. The maximum Gasteiger partial charge on any atom is 0.352 e. The van der Waals surface area contributed by atoms with Crippen LogP contribution in [0.1, 0.15) is 36.8 Å².